The third kappa shape index (κ3) is 2.93. The van der Waals surface area contributed by atoms with Crippen molar-refractivity contribution in [3.63, 3.8) is 0 Å². The molecule has 0 bridgehead atoms. The first-order valence-corrected chi connectivity index (χ1v) is 6.08. The molecule has 0 radical (unpaired) electrons. The lowest BCUT2D eigenvalue weighted by Crippen LogP contribution is -2.05. The molecule has 0 atom stereocenters. The van der Waals surface area contributed by atoms with Gasteiger partial charge in [-0.3, -0.25) is 0 Å². The maximum Gasteiger partial charge on any atom is 0.139 e. The zero-order chi connectivity index (χ0) is 13.8. The molecule has 0 saturated carbocycles. The number of benzene rings is 1. The van der Waals surface area contributed by atoms with E-state index in [1.165, 1.54) is 0 Å². The van der Waals surface area contributed by atoms with E-state index in [1.54, 1.807) is 7.11 Å². The van der Waals surface area contributed by atoms with Gasteiger partial charge >= 0.3 is 0 Å². The third-order valence-electron chi connectivity index (χ3n) is 2.85. The van der Waals surface area contributed by atoms with E-state index in [4.69, 9.17) is 4.74 Å². The Morgan fingerprint density at radius 2 is 1.63 bits per heavy atom. The smallest absolute Gasteiger partial charge is 0.139 e. The summed E-state index contributed by atoms with van der Waals surface area (Å²) in [6.07, 6.45) is 0. The maximum absolute atomic E-state index is 5.14. The lowest BCUT2D eigenvalue weighted by atomic mass is 10.2. The fourth-order valence-corrected chi connectivity index (χ4v) is 1.80. The molecule has 0 aliphatic rings. The molecule has 0 amide bonds. The molecule has 5 heteroatoms. The Labute approximate surface area is 113 Å². The van der Waals surface area contributed by atoms with Crippen molar-refractivity contribution in [3.05, 3.63) is 35.7 Å². The predicted molar refractivity (Wildman–Crippen MR) is 77.3 cm³/mol. The van der Waals surface area contributed by atoms with Gasteiger partial charge < -0.3 is 15.4 Å². The van der Waals surface area contributed by atoms with Crippen molar-refractivity contribution < 1.29 is 4.74 Å². The van der Waals surface area contributed by atoms with Gasteiger partial charge in [-0.05, 0) is 38.1 Å². The molecule has 1 aromatic carbocycles. The van der Waals surface area contributed by atoms with Crippen molar-refractivity contribution in [1.82, 2.24) is 9.97 Å². The Morgan fingerprint density at radius 1 is 1.00 bits per heavy atom. The number of rotatable bonds is 4. The van der Waals surface area contributed by atoms with Crippen LogP contribution in [0.4, 0.5) is 17.3 Å². The van der Waals surface area contributed by atoms with Crippen LogP contribution in [0, 0.1) is 13.8 Å². The Bertz CT molecular complexity index is 566. The number of nitrogens with zero attached hydrogens (tertiary/aromatic N) is 2. The number of aryl methyl sites for hydroxylation is 1. The summed E-state index contributed by atoms with van der Waals surface area (Å²) in [4.78, 5) is 8.76. The van der Waals surface area contributed by atoms with Crippen LogP contribution in [0.3, 0.4) is 0 Å². The van der Waals surface area contributed by atoms with E-state index in [-0.39, 0.29) is 0 Å². The van der Waals surface area contributed by atoms with Crippen LogP contribution < -0.4 is 15.4 Å². The van der Waals surface area contributed by atoms with E-state index < -0.39 is 0 Å². The summed E-state index contributed by atoms with van der Waals surface area (Å²) >= 11 is 0. The first-order valence-electron chi connectivity index (χ1n) is 6.08. The molecule has 1 aromatic heterocycles. The summed E-state index contributed by atoms with van der Waals surface area (Å²) in [5.41, 5.74) is 1.95. The number of hydrogen-bond acceptors (Lipinski definition) is 5. The fraction of sp³-hybridized carbons (Fsp3) is 0.286. The van der Waals surface area contributed by atoms with Crippen molar-refractivity contribution in [2.75, 3.05) is 24.8 Å². The van der Waals surface area contributed by atoms with Crippen LogP contribution >= 0.6 is 0 Å². The van der Waals surface area contributed by atoms with Crippen LogP contribution in [-0.4, -0.2) is 24.1 Å². The van der Waals surface area contributed by atoms with Crippen LogP contribution in [-0.2, 0) is 0 Å². The van der Waals surface area contributed by atoms with Gasteiger partial charge in [0.15, 0.2) is 0 Å². The summed E-state index contributed by atoms with van der Waals surface area (Å²) in [5, 5.41) is 6.36. The molecule has 0 unspecified atom stereocenters. The quantitative estimate of drug-likeness (QED) is 0.883. The average molecular weight is 258 g/mol. The second-order valence-corrected chi connectivity index (χ2v) is 4.20. The van der Waals surface area contributed by atoms with E-state index in [9.17, 15) is 0 Å². The molecule has 5 nitrogen and oxygen atoms in total. The minimum absolute atomic E-state index is 0.728. The second-order valence-electron chi connectivity index (χ2n) is 4.20. The highest BCUT2D eigenvalue weighted by molar-refractivity contribution is 5.65. The van der Waals surface area contributed by atoms with Crippen molar-refractivity contribution in [2.24, 2.45) is 0 Å². The first-order chi connectivity index (χ1) is 9.13. The monoisotopic (exact) mass is 258 g/mol. The van der Waals surface area contributed by atoms with Gasteiger partial charge in [0.25, 0.3) is 0 Å². The van der Waals surface area contributed by atoms with Gasteiger partial charge in [-0.25, -0.2) is 9.97 Å². The summed E-state index contributed by atoms with van der Waals surface area (Å²) < 4.78 is 5.14. The van der Waals surface area contributed by atoms with Crippen LogP contribution in [0.2, 0.25) is 0 Å². The minimum atomic E-state index is 0.728. The number of methoxy groups -OCH3 is 1. The molecule has 0 aliphatic carbocycles. The Hall–Kier alpha value is -2.30. The van der Waals surface area contributed by atoms with Crippen molar-refractivity contribution in [2.45, 2.75) is 13.8 Å². The van der Waals surface area contributed by atoms with Crippen molar-refractivity contribution in [3.8, 4) is 5.75 Å². The van der Waals surface area contributed by atoms with Gasteiger partial charge in [0.05, 0.1) is 7.11 Å². The molecule has 0 spiro atoms. The van der Waals surface area contributed by atoms with Crippen LogP contribution in [0.15, 0.2) is 24.3 Å². The number of ether oxygens (including phenoxy) is 1. The van der Waals surface area contributed by atoms with E-state index >= 15 is 0 Å². The van der Waals surface area contributed by atoms with Gasteiger partial charge in [0.2, 0.25) is 0 Å². The summed E-state index contributed by atoms with van der Waals surface area (Å²) in [6, 6.07) is 7.72. The molecule has 100 valence electrons. The lowest BCUT2D eigenvalue weighted by molar-refractivity contribution is 0.415. The largest absolute Gasteiger partial charge is 0.497 e. The highest BCUT2D eigenvalue weighted by Crippen LogP contribution is 2.24. The zero-order valence-electron chi connectivity index (χ0n) is 11.6. The van der Waals surface area contributed by atoms with Gasteiger partial charge in [0.1, 0.15) is 23.2 Å². The molecule has 2 rings (SSSR count). The molecular weight excluding hydrogens is 240 g/mol. The number of hydrogen-bond donors (Lipinski definition) is 2. The molecular formula is C14H18N4O. The Morgan fingerprint density at radius 3 is 2.21 bits per heavy atom. The van der Waals surface area contributed by atoms with Gasteiger partial charge in [-0.1, -0.05) is 0 Å². The SMILES string of the molecule is CNc1nc(C)nc(Nc2ccc(OC)cc2)c1C. The standard InChI is InChI=1S/C14H18N4O/c1-9-13(15-3)16-10(2)17-14(9)18-11-5-7-12(19-4)8-6-11/h5-8H,1-4H3,(H2,15,16,17,18). The molecule has 2 aromatic rings. The van der Waals surface area contributed by atoms with Crippen LogP contribution in [0.25, 0.3) is 0 Å². The lowest BCUT2D eigenvalue weighted by Gasteiger charge is -2.12. The average Bonchev–Trinajstić information content (AvgIpc) is 2.43. The van der Waals surface area contributed by atoms with E-state index in [2.05, 4.69) is 20.6 Å². The predicted octanol–water partition coefficient (Wildman–Crippen LogP) is 2.89. The van der Waals surface area contributed by atoms with Gasteiger partial charge in [-0.15, -0.1) is 0 Å². The van der Waals surface area contributed by atoms with E-state index in [0.29, 0.717) is 0 Å². The van der Waals surface area contributed by atoms with Crippen molar-refractivity contribution in [1.29, 1.82) is 0 Å². The Balaban J connectivity index is 2.29. The summed E-state index contributed by atoms with van der Waals surface area (Å²) in [5.74, 6) is 3.20. The fourth-order valence-electron chi connectivity index (χ4n) is 1.80. The summed E-state index contributed by atoms with van der Waals surface area (Å²) in [6.45, 7) is 3.86. The molecule has 0 aliphatic heterocycles. The number of nitrogens with one attached hydrogen (secondary N) is 2. The van der Waals surface area contributed by atoms with Crippen LogP contribution in [0.1, 0.15) is 11.4 Å². The molecule has 0 fully saturated rings. The zero-order valence-corrected chi connectivity index (χ0v) is 11.6. The number of aromatic nitrogens is 2. The second kappa shape index (κ2) is 5.56. The van der Waals surface area contributed by atoms with Gasteiger partial charge in [0, 0.05) is 18.3 Å². The highest BCUT2D eigenvalue weighted by Gasteiger charge is 2.08. The van der Waals surface area contributed by atoms with Gasteiger partial charge in [-0.2, -0.15) is 0 Å². The Kier molecular flexibility index (Phi) is 3.85. The topological polar surface area (TPSA) is 59.1 Å². The number of anilines is 3. The maximum atomic E-state index is 5.14. The normalized spacial score (nSPS) is 10.1. The minimum Gasteiger partial charge on any atom is -0.497 e. The van der Waals surface area contributed by atoms with Crippen molar-refractivity contribution >= 4 is 17.3 Å². The summed E-state index contributed by atoms with van der Waals surface area (Å²) in [7, 11) is 3.51. The third-order valence-corrected chi connectivity index (χ3v) is 2.85. The first kappa shape index (κ1) is 13.1. The molecule has 0 saturated heterocycles. The molecule has 2 N–H and O–H groups in total. The van der Waals surface area contributed by atoms with E-state index in [0.717, 1.165) is 34.5 Å². The van der Waals surface area contributed by atoms with Crippen LogP contribution in [0.5, 0.6) is 5.75 Å². The molecule has 1 heterocycles. The highest BCUT2D eigenvalue weighted by atomic mass is 16.5. The molecule has 19 heavy (non-hydrogen) atoms. The van der Waals surface area contributed by atoms with E-state index in [1.807, 2.05) is 45.2 Å².